The summed E-state index contributed by atoms with van der Waals surface area (Å²) in [5.74, 6) is 0. The molecule has 0 amide bonds. The molecule has 1 aromatic rings. The maximum Gasteiger partial charge on any atom is 0.250 e. The Morgan fingerprint density at radius 1 is 1.28 bits per heavy atom. The number of pyridine rings is 1. The predicted octanol–water partition coefficient (Wildman–Crippen LogP) is 2.47. The van der Waals surface area contributed by atoms with Crippen molar-refractivity contribution in [2.24, 2.45) is 0 Å². The molecule has 3 nitrogen and oxygen atoms in total. The van der Waals surface area contributed by atoms with Crippen LogP contribution in [0.4, 0.5) is 0 Å². The Bertz CT molecular complexity index is 417. The molecule has 1 aliphatic rings. The van der Waals surface area contributed by atoms with Gasteiger partial charge in [-0.2, -0.15) is 0 Å². The van der Waals surface area contributed by atoms with Crippen molar-refractivity contribution in [3.63, 3.8) is 0 Å². The highest BCUT2D eigenvalue weighted by molar-refractivity contribution is 5.07. The Morgan fingerprint density at radius 2 is 2.00 bits per heavy atom. The number of hydrogen-bond donors (Lipinski definition) is 1. The largest absolute Gasteiger partial charge is 0.314 e. The van der Waals surface area contributed by atoms with Crippen LogP contribution in [0.25, 0.3) is 0 Å². The fourth-order valence-electron chi connectivity index (χ4n) is 2.66. The van der Waals surface area contributed by atoms with Gasteiger partial charge in [-0.05, 0) is 31.4 Å². The first-order chi connectivity index (χ1) is 8.75. The quantitative estimate of drug-likeness (QED) is 0.831. The van der Waals surface area contributed by atoms with Crippen LogP contribution >= 0.6 is 0 Å². The van der Waals surface area contributed by atoms with Crippen molar-refractivity contribution in [1.82, 2.24) is 9.88 Å². The number of aryl methyl sites for hydroxylation is 1. The first-order valence-electron chi connectivity index (χ1n) is 7.16. The van der Waals surface area contributed by atoms with Crippen molar-refractivity contribution in [2.45, 2.75) is 58.0 Å². The van der Waals surface area contributed by atoms with Crippen LogP contribution in [0.5, 0.6) is 0 Å². The van der Waals surface area contributed by atoms with Crippen LogP contribution < -0.4 is 10.9 Å². The zero-order valence-corrected chi connectivity index (χ0v) is 11.3. The van der Waals surface area contributed by atoms with E-state index in [9.17, 15) is 4.79 Å². The minimum absolute atomic E-state index is 0.109. The standard InChI is InChI=1S/C15H24N2O/c1-13-8-10-17(15(18)12-13)11-9-16-14-6-4-2-3-5-7-14/h8,10,12,14,16H,2-7,9,11H2,1H3. The second-order valence-corrected chi connectivity index (χ2v) is 5.38. The van der Waals surface area contributed by atoms with Crippen molar-refractivity contribution >= 4 is 0 Å². The van der Waals surface area contributed by atoms with Crippen LogP contribution in [0.3, 0.4) is 0 Å². The molecule has 1 aromatic heterocycles. The molecule has 1 saturated carbocycles. The fraction of sp³-hybridized carbons (Fsp3) is 0.667. The summed E-state index contributed by atoms with van der Waals surface area (Å²) in [6, 6.07) is 4.35. The van der Waals surface area contributed by atoms with Crippen LogP contribution in [0, 0.1) is 6.92 Å². The van der Waals surface area contributed by atoms with E-state index in [1.807, 2.05) is 19.2 Å². The lowest BCUT2D eigenvalue weighted by atomic mass is 10.1. The van der Waals surface area contributed by atoms with Gasteiger partial charge in [0.2, 0.25) is 0 Å². The average molecular weight is 248 g/mol. The van der Waals surface area contributed by atoms with Gasteiger partial charge in [0.05, 0.1) is 0 Å². The number of nitrogens with one attached hydrogen (secondary N) is 1. The Kier molecular flexibility index (Phi) is 5.00. The van der Waals surface area contributed by atoms with Gasteiger partial charge in [-0.3, -0.25) is 4.79 Å². The van der Waals surface area contributed by atoms with Gasteiger partial charge in [0.25, 0.3) is 5.56 Å². The minimum atomic E-state index is 0.109. The highest BCUT2D eigenvalue weighted by atomic mass is 16.1. The van der Waals surface area contributed by atoms with Crippen molar-refractivity contribution < 1.29 is 0 Å². The molecular weight excluding hydrogens is 224 g/mol. The highest BCUT2D eigenvalue weighted by Gasteiger charge is 2.10. The van der Waals surface area contributed by atoms with Crippen LogP contribution in [0.1, 0.15) is 44.1 Å². The lowest BCUT2D eigenvalue weighted by molar-refractivity contribution is 0.443. The third-order valence-corrected chi connectivity index (χ3v) is 3.79. The molecule has 18 heavy (non-hydrogen) atoms. The summed E-state index contributed by atoms with van der Waals surface area (Å²) in [7, 11) is 0. The van der Waals surface area contributed by atoms with E-state index in [-0.39, 0.29) is 5.56 Å². The van der Waals surface area contributed by atoms with Crippen molar-refractivity contribution in [2.75, 3.05) is 6.54 Å². The summed E-state index contributed by atoms with van der Waals surface area (Å²) in [4.78, 5) is 11.7. The van der Waals surface area contributed by atoms with E-state index in [2.05, 4.69) is 5.32 Å². The molecule has 0 aliphatic heterocycles. The highest BCUT2D eigenvalue weighted by Crippen LogP contribution is 2.16. The number of nitrogens with zero attached hydrogens (tertiary/aromatic N) is 1. The Labute approximate surface area is 109 Å². The van der Waals surface area contributed by atoms with Gasteiger partial charge in [-0.15, -0.1) is 0 Å². The van der Waals surface area contributed by atoms with E-state index in [1.54, 1.807) is 10.6 Å². The summed E-state index contributed by atoms with van der Waals surface area (Å²) >= 11 is 0. The van der Waals surface area contributed by atoms with Crippen molar-refractivity contribution in [3.8, 4) is 0 Å². The predicted molar refractivity (Wildman–Crippen MR) is 74.9 cm³/mol. The molecule has 0 spiro atoms. The van der Waals surface area contributed by atoms with E-state index in [0.717, 1.165) is 18.7 Å². The molecule has 1 aliphatic carbocycles. The molecule has 0 saturated heterocycles. The van der Waals surface area contributed by atoms with Gasteiger partial charge in [-0.25, -0.2) is 0 Å². The van der Waals surface area contributed by atoms with E-state index >= 15 is 0 Å². The van der Waals surface area contributed by atoms with Crippen LogP contribution in [0.15, 0.2) is 23.1 Å². The third-order valence-electron chi connectivity index (χ3n) is 3.79. The molecule has 1 N–H and O–H groups in total. The minimum Gasteiger partial charge on any atom is -0.314 e. The number of aromatic nitrogens is 1. The van der Waals surface area contributed by atoms with Crippen molar-refractivity contribution in [1.29, 1.82) is 0 Å². The second kappa shape index (κ2) is 6.74. The zero-order valence-electron chi connectivity index (χ0n) is 11.3. The van der Waals surface area contributed by atoms with E-state index in [0.29, 0.717) is 6.04 Å². The molecule has 0 radical (unpaired) electrons. The molecule has 3 heteroatoms. The molecule has 0 atom stereocenters. The SMILES string of the molecule is Cc1ccn(CCNC2CCCCCC2)c(=O)c1. The summed E-state index contributed by atoms with van der Waals surface area (Å²) in [5.41, 5.74) is 1.14. The summed E-state index contributed by atoms with van der Waals surface area (Å²) in [6.45, 7) is 3.62. The fourth-order valence-corrected chi connectivity index (χ4v) is 2.66. The van der Waals surface area contributed by atoms with Gasteiger partial charge in [-0.1, -0.05) is 25.7 Å². The molecule has 0 aromatic carbocycles. The van der Waals surface area contributed by atoms with E-state index < -0.39 is 0 Å². The monoisotopic (exact) mass is 248 g/mol. The average Bonchev–Trinajstić information content (AvgIpc) is 2.60. The summed E-state index contributed by atoms with van der Waals surface area (Å²) < 4.78 is 1.79. The first-order valence-corrected chi connectivity index (χ1v) is 7.16. The van der Waals surface area contributed by atoms with E-state index in [1.165, 1.54) is 38.5 Å². The van der Waals surface area contributed by atoms with Crippen LogP contribution in [-0.2, 0) is 6.54 Å². The van der Waals surface area contributed by atoms with Crippen molar-refractivity contribution in [3.05, 3.63) is 34.2 Å². The first kappa shape index (κ1) is 13.3. The molecule has 1 fully saturated rings. The molecule has 2 rings (SSSR count). The smallest absolute Gasteiger partial charge is 0.250 e. The van der Waals surface area contributed by atoms with Gasteiger partial charge in [0, 0.05) is 31.4 Å². The molecule has 100 valence electrons. The van der Waals surface area contributed by atoms with Gasteiger partial charge < -0.3 is 9.88 Å². The molecule has 1 heterocycles. The Balaban J connectivity index is 1.79. The summed E-state index contributed by atoms with van der Waals surface area (Å²) in [5, 5.41) is 3.59. The molecule has 0 bridgehead atoms. The Morgan fingerprint density at radius 3 is 2.67 bits per heavy atom. The lowest BCUT2D eigenvalue weighted by Crippen LogP contribution is -2.33. The van der Waals surface area contributed by atoms with Gasteiger partial charge in [0.15, 0.2) is 0 Å². The van der Waals surface area contributed by atoms with Gasteiger partial charge >= 0.3 is 0 Å². The third kappa shape index (κ3) is 3.98. The zero-order chi connectivity index (χ0) is 12.8. The normalized spacial score (nSPS) is 17.6. The molecular formula is C15H24N2O. The van der Waals surface area contributed by atoms with Gasteiger partial charge in [0.1, 0.15) is 0 Å². The Hall–Kier alpha value is -1.09. The maximum absolute atomic E-state index is 11.7. The summed E-state index contributed by atoms with van der Waals surface area (Å²) in [6.07, 6.45) is 9.95. The second-order valence-electron chi connectivity index (χ2n) is 5.38. The molecule has 0 unspecified atom stereocenters. The number of hydrogen-bond acceptors (Lipinski definition) is 2. The topological polar surface area (TPSA) is 34.0 Å². The maximum atomic E-state index is 11.7. The van der Waals surface area contributed by atoms with Crippen LogP contribution in [0.2, 0.25) is 0 Å². The number of rotatable bonds is 4. The van der Waals surface area contributed by atoms with E-state index in [4.69, 9.17) is 0 Å². The van der Waals surface area contributed by atoms with Crippen LogP contribution in [-0.4, -0.2) is 17.2 Å². The lowest BCUT2D eigenvalue weighted by Gasteiger charge is -2.16.